The minimum Gasteiger partial charge on any atom is -0.418 e. The van der Waals surface area contributed by atoms with E-state index in [0.717, 1.165) is 22.4 Å². The van der Waals surface area contributed by atoms with E-state index in [2.05, 4.69) is 74.3 Å². The Hall–Kier alpha value is -3.24. The van der Waals surface area contributed by atoms with Crippen molar-refractivity contribution >= 4 is 43.0 Å². The predicted octanol–water partition coefficient (Wildman–Crippen LogP) is 6.91. The Kier molecular flexibility index (Phi) is 7.40. The number of piperazine rings is 1. The highest BCUT2D eigenvalue weighted by Crippen LogP contribution is 2.38. The highest BCUT2D eigenvalue weighted by molar-refractivity contribution is 9.10. The first-order chi connectivity index (χ1) is 19.0. The van der Waals surface area contributed by atoms with Crippen molar-refractivity contribution in [3.05, 3.63) is 118 Å². The van der Waals surface area contributed by atoms with Crippen LogP contribution in [0.5, 0.6) is 0 Å². The van der Waals surface area contributed by atoms with Gasteiger partial charge in [0.2, 0.25) is 26.6 Å². The van der Waals surface area contributed by atoms with Crippen LogP contribution in [0.1, 0.15) is 17.2 Å². The lowest BCUT2D eigenvalue weighted by Gasteiger charge is -2.39. The van der Waals surface area contributed by atoms with E-state index in [-0.39, 0.29) is 16.0 Å². The molecule has 1 saturated heterocycles. The van der Waals surface area contributed by atoms with Crippen LogP contribution < -0.4 is 4.90 Å². The molecule has 0 aliphatic carbocycles. The second-order valence-corrected chi connectivity index (χ2v) is 13.0. The fourth-order valence-electron chi connectivity index (χ4n) is 4.97. The number of nitrogens with zero attached hydrogens (tertiary/aromatic N) is 3. The molecular formula is C30H26BrN3O3S2. The molecule has 9 heteroatoms. The van der Waals surface area contributed by atoms with E-state index in [1.807, 2.05) is 34.5 Å². The van der Waals surface area contributed by atoms with Gasteiger partial charge in [-0.2, -0.15) is 4.98 Å². The third-order valence-corrected chi connectivity index (χ3v) is 9.94. The number of sulfone groups is 1. The lowest BCUT2D eigenvalue weighted by atomic mass is 9.96. The van der Waals surface area contributed by atoms with Gasteiger partial charge in [0.15, 0.2) is 0 Å². The molecule has 0 N–H and O–H groups in total. The van der Waals surface area contributed by atoms with Crippen molar-refractivity contribution in [2.24, 2.45) is 0 Å². The van der Waals surface area contributed by atoms with Crippen LogP contribution in [0.2, 0.25) is 0 Å². The number of hydrogen-bond acceptors (Lipinski definition) is 7. The molecule has 5 aromatic rings. The van der Waals surface area contributed by atoms with Crippen molar-refractivity contribution in [2.45, 2.75) is 16.0 Å². The molecule has 1 aliphatic rings. The Bertz CT molecular complexity index is 1590. The van der Waals surface area contributed by atoms with Gasteiger partial charge >= 0.3 is 0 Å². The summed E-state index contributed by atoms with van der Waals surface area (Å²) >= 11 is 4.85. The fraction of sp³-hybridized carbons (Fsp3) is 0.167. The van der Waals surface area contributed by atoms with E-state index in [1.54, 1.807) is 24.3 Å². The molecule has 0 saturated carbocycles. The zero-order valence-electron chi connectivity index (χ0n) is 21.0. The van der Waals surface area contributed by atoms with Gasteiger partial charge in [0.25, 0.3) is 0 Å². The number of thiophene rings is 1. The summed E-state index contributed by atoms with van der Waals surface area (Å²) in [6, 6.07) is 31.5. The van der Waals surface area contributed by atoms with Crippen LogP contribution in [0.4, 0.5) is 5.88 Å². The van der Waals surface area contributed by atoms with Gasteiger partial charge in [-0.1, -0.05) is 82.7 Å². The van der Waals surface area contributed by atoms with Gasteiger partial charge < -0.3 is 9.32 Å². The Labute approximate surface area is 240 Å². The summed E-state index contributed by atoms with van der Waals surface area (Å²) in [5.74, 6) is 0.626. The average molecular weight is 621 g/mol. The standard InChI is InChI=1S/C30H26BrN3O3S2/c31-24-13-15-25(16-14-24)39(35,36)29-30(37-28(32-29)26-12-7-21-38-26)34-19-17-33(18-20-34)27(22-8-3-1-4-9-22)23-10-5-2-6-11-23/h1-16,21,27H,17-20H2. The van der Waals surface area contributed by atoms with Crippen molar-refractivity contribution < 1.29 is 12.8 Å². The van der Waals surface area contributed by atoms with Crippen LogP contribution in [0.25, 0.3) is 10.8 Å². The Balaban J connectivity index is 1.32. The summed E-state index contributed by atoms with van der Waals surface area (Å²) in [6.07, 6.45) is 0. The van der Waals surface area contributed by atoms with Crippen molar-refractivity contribution in [2.75, 3.05) is 31.1 Å². The SMILES string of the molecule is O=S(=O)(c1ccc(Br)cc1)c1nc(-c2cccs2)oc1N1CCN(C(c2ccccc2)c2ccccc2)CC1. The van der Waals surface area contributed by atoms with E-state index in [1.165, 1.54) is 22.5 Å². The van der Waals surface area contributed by atoms with Gasteiger partial charge in [-0.05, 0) is 46.8 Å². The lowest BCUT2D eigenvalue weighted by molar-refractivity contribution is 0.209. The van der Waals surface area contributed by atoms with E-state index >= 15 is 0 Å². The molecule has 6 nitrogen and oxygen atoms in total. The normalized spacial score (nSPS) is 14.7. The van der Waals surface area contributed by atoms with Gasteiger partial charge in [0.05, 0.1) is 15.8 Å². The average Bonchev–Trinajstić information content (AvgIpc) is 3.66. The highest BCUT2D eigenvalue weighted by atomic mass is 79.9. The minimum absolute atomic E-state index is 0.0376. The van der Waals surface area contributed by atoms with Crippen LogP contribution in [-0.2, 0) is 9.84 Å². The molecule has 0 bridgehead atoms. The topological polar surface area (TPSA) is 66.7 Å². The molecule has 198 valence electrons. The monoisotopic (exact) mass is 619 g/mol. The molecule has 0 atom stereocenters. The first-order valence-corrected chi connectivity index (χ1v) is 15.8. The molecule has 3 heterocycles. The van der Waals surface area contributed by atoms with Crippen LogP contribution in [0.15, 0.2) is 121 Å². The summed E-state index contributed by atoms with van der Waals surface area (Å²) < 4.78 is 34.5. The number of rotatable bonds is 7. The van der Waals surface area contributed by atoms with Crippen molar-refractivity contribution in [1.29, 1.82) is 0 Å². The number of aromatic nitrogens is 1. The number of anilines is 1. The highest BCUT2D eigenvalue weighted by Gasteiger charge is 2.34. The molecule has 1 aliphatic heterocycles. The summed E-state index contributed by atoms with van der Waals surface area (Å²) in [7, 11) is -3.90. The number of benzene rings is 3. The fourth-order valence-corrected chi connectivity index (χ4v) is 7.21. The molecule has 0 radical (unpaired) electrons. The first-order valence-electron chi connectivity index (χ1n) is 12.6. The number of oxazole rings is 1. The molecular weight excluding hydrogens is 594 g/mol. The van der Waals surface area contributed by atoms with E-state index in [0.29, 0.717) is 24.9 Å². The largest absolute Gasteiger partial charge is 0.418 e. The third kappa shape index (κ3) is 5.32. The third-order valence-electron chi connectivity index (χ3n) is 6.89. The van der Waals surface area contributed by atoms with Gasteiger partial charge in [-0.3, -0.25) is 4.90 Å². The first kappa shape index (κ1) is 26.0. The van der Waals surface area contributed by atoms with Crippen molar-refractivity contribution in [3.8, 4) is 10.8 Å². The predicted molar refractivity (Wildman–Crippen MR) is 158 cm³/mol. The second kappa shape index (κ2) is 11.1. The van der Waals surface area contributed by atoms with Crippen LogP contribution in [0.3, 0.4) is 0 Å². The van der Waals surface area contributed by atoms with E-state index in [4.69, 9.17) is 4.42 Å². The molecule has 0 amide bonds. The second-order valence-electron chi connectivity index (χ2n) is 9.31. The van der Waals surface area contributed by atoms with Gasteiger partial charge in [-0.25, -0.2) is 8.42 Å². The lowest BCUT2D eigenvalue weighted by Crippen LogP contribution is -2.48. The zero-order valence-corrected chi connectivity index (χ0v) is 24.2. The van der Waals surface area contributed by atoms with Gasteiger partial charge in [0.1, 0.15) is 0 Å². The zero-order chi connectivity index (χ0) is 26.8. The molecule has 3 aromatic carbocycles. The summed E-state index contributed by atoms with van der Waals surface area (Å²) in [6.45, 7) is 2.69. The van der Waals surface area contributed by atoms with Gasteiger partial charge in [0, 0.05) is 30.7 Å². The molecule has 0 spiro atoms. The van der Waals surface area contributed by atoms with E-state index < -0.39 is 9.84 Å². The maximum absolute atomic E-state index is 13.8. The molecule has 1 fully saturated rings. The van der Waals surface area contributed by atoms with Gasteiger partial charge in [-0.15, -0.1) is 11.3 Å². The van der Waals surface area contributed by atoms with E-state index in [9.17, 15) is 8.42 Å². The molecule has 2 aromatic heterocycles. The molecule has 39 heavy (non-hydrogen) atoms. The van der Waals surface area contributed by atoms with Crippen molar-refractivity contribution in [1.82, 2.24) is 9.88 Å². The Morgan fingerprint density at radius 2 is 1.41 bits per heavy atom. The maximum atomic E-state index is 13.8. The number of halogens is 1. The molecule has 6 rings (SSSR count). The Morgan fingerprint density at radius 1 is 0.795 bits per heavy atom. The summed E-state index contributed by atoms with van der Waals surface area (Å²) in [5, 5.41) is 1.89. The minimum atomic E-state index is -3.90. The summed E-state index contributed by atoms with van der Waals surface area (Å²) in [4.78, 5) is 9.97. The Morgan fingerprint density at radius 3 is 1.97 bits per heavy atom. The summed E-state index contributed by atoms with van der Waals surface area (Å²) in [5.41, 5.74) is 2.46. The smallest absolute Gasteiger partial charge is 0.240 e. The number of hydrogen-bond donors (Lipinski definition) is 0. The maximum Gasteiger partial charge on any atom is 0.240 e. The van der Waals surface area contributed by atoms with Crippen LogP contribution in [0, 0.1) is 0 Å². The van der Waals surface area contributed by atoms with Crippen LogP contribution >= 0.6 is 27.3 Å². The quantitative estimate of drug-likeness (QED) is 0.197. The van der Waals surface area contributed by atoms with Crippen molar-refractivity contribution in [3.63, 3.8) is 0 Å². The molecule has 0 unspecified atom stereocenters. The van der Waals surface area contributed by atoms with Crippen LogP contribution in [-0.4, -0.2) is 44.5 Å².